The van der Waals surface area contributed by atoms with Crippen LogP contribution in [0.3, 0.4) is 0 Å². The highest BCUT2D eigenvalue weighted by atomic mass is 16.1. The Hall–Kier alpha value is -1.81. The number of amides is 1. The summed E-state index contributed by atoms with van der Waals surface area (Å²) >= 11 is 0. The molecule has 1 aliphatic rings. The summed E-state index contributed by atoms with van der Waals surface area (Å²) in [5, 5.41) is 3.12. The maximum atomic E-state index is 12.0. The average Bonchev–Trinajstić information content (AvgIpc) is 2.44. The van der Waals surface area contributed by atoms with Crippen LogP contribution < -0.4 is 11.1 Å². The molecule has 0 aromatic heterocycles. The van der Waals surface area contributed by atoms with Crippen molar-refractivity contribution in [3.63, 3.8) is 0 Å². The summed E-state index contributed by atoms with van der Waals surface area (Å²) in [5.74, 6) is 0.0944. The van der Waals surface area contributed by atoms with Crippen LogP contribution in [0.1, 0.15) is 18.4 Å². The van der Waals surface area contributed by atoms with E-state index in [0.29, 0.717) is 12.5 Å². The van der Waals surface area contributed by atoms with E-state index in [1.165, 1.54) is 0 Å². The summed E-state index contributed by atoms with van der Waals surface area (Å²) < 4.78 is 0. The molecule has 0 saturated carbocycles. The van der Waals surface area contributed by atoms with Crippen molar-refractivity contribution in [1.82, 2.24) is 10.2 Å². The lowest BCUT2D eigenvalue weighted by Crippen LogP contribution is -2.45. The summed E-state index contributed by atoms with van der Waals surface area (Å²) in [6, 6.07) is 7.77. The van der Waals surface area contributed by atoms with E-state index in [9.17, 15) is 4.79 Å². The zero-order chi connectivity index (χ0) is 14.4. The molecule has 2 rings (SSSR count). The van der Waals surface area contributed by atoms with E-state index in [0.717, 1.165) is 43.7 Å². The Kier molecular flexibility index (Phi) is 5.18. The second kappa shape index (κ2) is 7.10. The van der Waals surface area contributed by atoms with Gasteiger partial charge in [0.1, 0.15) is 0 Å². The fraction of sp³-hybridized carbons (Fsp3) is 0.438. The highest BCUT2D eigenvalue weighted by Gasteiger charge is 2.19. The molecule has 0 aliphatic carbocycles. The molecule has 20 heavy (non-hydrogen) atoms. The van der Waals surface area contributed by atoms with Crippen LogP contribution in [0, 0.1) is 0 Å². The van der Waals surface area contributed by atoms with Gasteiger partial charge < -0.3 is 11.1 Å². The zero-order valence-corrected chi connectivity index (χ0v) is 11.8. The minimum atomic E-state index is 0.0944. The van der Waals surface area contributed by atoms with Crippen LogP contribution in [0.2, 0.25) is 0 Å². The van der Waals surface area contributed by atoms with Gasteiger partial charge in [-0.15, -0.1) is 6.58 Å². The normalized spacial score (nSPS) is 16.8. The van der Waals surface area contributed by atoms with Crippen LogP contribution in [0.15, 0.2) is 36.9 Å². The summed E-state index contributed by atoms with van der Waals surface area (Å²) in [7, 11) is 0. The number of hydrogen-bond donors (Lipinski definition) is 2. The monoisotopic (exact) mass is 273 g/mol. The molecule has 4 nitrogen and oxygen atoms in total. The van der Waals surface area contributed by atoms with E-state index < -0.39 is 0 Å². The molecule has 4 heteroatoms. The van der Waals surface area contributed by atoms with Crippen LogP contribution in [-0.4, -0.2) is 36.5 Å². The predicted octanol–water partition coefficient (Wildman–Crippen LogP) is 1.58. The van der Waals surface area contributed by atoms with Gasteiger partial charge in [0.15, 0.2) is 0 Å². The topological polar surface area (TPSA) is 58.4 Å². The average molecular weight is 273 g/mol. The number of carbonyl (C=O) groups excluding carboxylic acids is 1. The van der Waals surface area contributed by atoms with Crippen molar-refractivity contribution in [2.24, 2.45) is 0 Å². The first-order valence-corrected chi connectivity index (χ1v) is 7.14. The lowest BCUT2D eigenvalue weighted by molar-refractivity contribution is -0.121. The highest BCUT2D eigenvalue weighted by molar-refractivity contribution is 5.79. The van der Waals surface area contributed by atoms with E-state index in [2.05, 4.69) is 16.8 Å². The molecule has 0 atom stereocenters. The smallest absolute Gasteiger partial charge is 0.224 e. The maximum absolute atomic E-state index is 12.0. The minimum absolute atomic E-state index is 0.0944. The van der Waals surface area contributed by atoms with Crippen LogP contribution in [-0.2, 0) is 11.2 Å². The number of hydrogen-bond acceptors (Lipinski definition) is 3. The molecule has 1 aromatic rings. The van der Waals surface area contributed by atoms with Gasteiger partial charge in [-0.1, -0.05) is 18.2 Å². The molecule has 1 aromatic carbocycles. The molecular formula is C16H23N3O. The second-order valence-corrected chi connectivity index (χ2v) is 5.35. The van der Waals surface area contributed by atoms with Gasteiger partial charge in [0, 0.05) is 31.4 Å². The number of anilines is 1. The Labute approximate surface area is 120 Å². The van der Waals surface area contributed by atoms with E-state index in [-0.39, 0.29) is 5.91 Å². The molecule has 1 heterocycles. The van der Waals surface area contributed by atoms with Crippen molar-refractivity contribution in [2.45, 2.75) is 25.3 Å². The van der Waals surface area contributed by atoms with E-state index >= 15 is 0 Å². The van der Waals surface area contributed by atoms with Crippen LogP contribution in [0.25, 0.3) is 0 Å². The molecule has 0 bridgehead atoms. The van der Waals surface area contributed by atoms with Gasteiger partial charge in [-0.25, -0.2) is 0 Å². The van der Waals surface area contributed by atoms with Crippen molar-refractivity contribution in [3.05, 3.63) is 42.5 Å². The number of likely N-dealkylation sites (tertiary alicyclic amines) is 1. The van der Waals surface area contributed by atoms with Crippen LogP contribution in [0.4, 0.5) is 5.69 Å². The summed E-state index contributed by atoms with van der Waals surface area (Å²) in [6.45, 7) is 6.74. The highest BCUT2D eigenvalue weighted by Crippen LogP contribution is 2.11. The van der Waals surface area contributed by atoms with Gasteiger partial charge in [0.25, 0.3) is 0 Å². The van der Waals surface area contributed by atoms with E-state index in [1.807, 2.05) is 30.3 Å². The summed E-state index contributed by atoms with van der Waals surface area (Å²) in [4.78, 5) is 14.4. The lowest BCUT2D eigenvalue weighted by atomic mass is 10.0. The molecule has 1 aliphatic heterocycles. The maximum Gasteiger partial charge on any atom is 0.224 e. The standard InChI is InChI=1S/C16H23N3O/c1-2-9-19-10-7-15(8-11-19)18-16(20)12-13-3-5-14(17)6-4-13/h2-6,15H,1,7-12,17H2,(H,18,20). The van der Waals surface area contributed by atoms with Crippen molar-refractivity contribution in [2.75, 3.05) is 25.4 Å². The Morgan fingerprint density at radius 1 is 1.35 bits per heavy atom. The number of piperidine rings is 1. The van der Waals surface area contributed by atoms with Gasteiger partial charge in [0.2, 0.25) is 5.91 Å². The SMILES string of the molecule is C=CCN1CCC(NC(=O)Cc2ccc(N)cc2)CC1. The number of nitrogens with zero attached hydrogens (tertiary/aromatic N) is 1. The molecular weight excluding hydrogens is 250 g/mol. The number of benzene rings is 1. The third kappa shape index (κ3) is 4.38. The number of nitrogen functional groups attached to an aromatic ring is 1. The Balaban J connectivity index is 1.75. The molecule has 3 N–H and O–H groups in total. The Bertz CT molecular complexity index is 447. The number of nitrogens with one attached hydrogen (secondary N) is 1. The van der Waals surface area contributed by atoms with Crippen LogP contribution in [0.5, 0.6) is 0 Å². The molecule has 0 unspecified atom stereocenters. The largest absolute Gasteiger partial charge is 0.399 e. The predicted molar refractivity (Wildman–Crippen MR) is 82.4 cm³/mol. The van der Waals surface area contributed by atoms with Crippen molar-refractivity contribution < 1.29 is 4.79 Å². The van der Waals surface area contributed by atoms with Gasteiger partial charge in [0.05, 0.1) is 6.42 Å². The van der Waals surface area contributed by atoms with Crippen molar-refractivity contribution >= 4 is 11.6 Å². The first-order valence-electron chi connectivity index (χ1n) is 7.14. The molecule has 1 saturated heterocycles. The Morgan fingerprint density at radius 3 is 2.60 bits per heavy atom. The summed E-state index contributed by atoms with van der Waals surface area (Å²) in [5.41, 5.74) is 7.36. The number of carbonyl (C=O) groups is 1. The van der Waals surface area contributed by atoms with Crippen molar-refractivity contribution in [3.8, 4) is 0 Å². The molecule has 1 fully saturated rings. The fourth-order valence-corrected chi connectivity index (χ4v) is 2.54. The molecule has 0 radical (unpaired) electrons. The molecule has 1 amide bonds. The zero-order valence-electron chi connectivity index (χ0n) is 11.8. The van der Waals surface area contributed by atoms with Crippen molar-refractivity contribution in [1.29, 1.82) is 0 Å². The van der Waals surface area contributed by atoms with Crippen LogP contribution >= 0.6 is 0 Å². The number of rotatable bonds is 5. The Morgan fingerprint density at radius 2 is 2.00 bits per heavy atom. The number of nitrogens with two attached hydrogens (primary N) is 1. The third-order valence-electron chi connectivity index (χ3n) is 3.68. The van der Waals surface area contributed by atoms with Gasteiger partial charge in [-0.05, 0) is 30.5 Å². The summed E-state index contributed by atoms with van der Waals surface area (Å²) in [6.07, 6.45) is 4.38. The van der Waals surface area contributed by atoms with Gasteiger partial charge in [-0.3, -0.25) is 9.69 Å². The quantitative estimate of drug-likeness (QED) is 0.632. The molecule has 108 valence electrons. The third-order valence-corrected chi connectivity index (χ3v) is 3.68. The molecule has 0 spiro atoms. The first kappa shape index (κ1) is 14.6. The first-order chi connectivity index (χ1) is 9.67. The van der Waals surface area contributed by atoms with Gasteiger partial charge in [-0.2, -0.15) is 0 Å². The minimum Gasteiger partial charge on any atom is -0.399 e. The van der Waals surface area contributed by atoms with E-state index in [4.69, 9.17) is 5.73 Å². The lowest BCUT2D eigenvalue weighted by Gasteiger charge is -2.31. The van der Waals surface area contributed by atoms with E-state index in [1.54, 1.807) is 0 Å². The second-order valence-electron chi connectivity index (χ2n) is 5.35. The fourth-order valence-electron chi connectivity index (χ4n) is 2.54. The van der Waals surface area contributed by atoms with Gasteiger partial charge >= 0.3 is 0 Å².